The molecule has 0 bridgehead atoms. The molecule has 0 unspecified atom stereocenters. The van der Waals surface area contributed by atoms with E-state index in [0.717, 1.165) is 22.6 Å². The number of aliphatic hydroxyl groups excluding tert-OH is 1. The van der Waals surface area contributed by atoms with Gasteiger partial charge in [-0.15, -0.1) is 0 Å². The molecular formula is C25H33N3O4. The van der Waals surface area contributed by atoms with E-state index < -0.39 is 6.10 Å². The molecule has 3 aromatic rings. The Morgan fingerprint density at radius 3 is 2.34 bits per heavy atom. The molecule has 32 heavy (non-hydrogen) atoms. The molecule has 1 aromatic heterocycles. The van der Waals surface area contributed by atoms with Gasteiger partial charge in [0.05, 0.1) is 25.4 Å². The highest BCUT2D eigenvalue weighted by Crippen LogP contribution is 2.34. The number of hydrogen-bond acceptors (Lipinski definition) is 6. The van der Waals surface area contributed by atoms with Crippen molar-refractivity contribution in [2.24, 2.45) is 7.05 Å². The van der Waals surface area contributed by atoms with E-state index >= 15 is 0 Å². The monoisotopic (exact) mass is 439 g/mol. The first-order valence-corrected chi connectivity index (χ1v) is 10.9. The lowest BCUT2D eigenvalue weighted by Crippen LogP contribution is -2.34. The van der Waals surface area contributed by atoms with Crippen molar-refractivity contribution in [3.63, 3.8) is 0 Å². The fraction of sp³-hybridized carbons (Fsp3) is 0.400. The smallest absolute Gasteiger partial charge is 0.222 e. The highest BCUT2D eigenvalue weighted by atomic mass is 16.5. The molecule has 0 saturated heterocycles. The Kier molecular flexibility index (Phi) is 8.67. The number of aromatic nitrogens is 2. The molecule has 0 spiro atoms. The minimum atomic E-state index is -0.408. The second-order valence-corrected chi connectivity index (χ2v) is 7.69. The SMILES string of the molecule is CC[C@H](O)CN(CCOC)Cc1c(-c2ccccc2)nn(C)c1Oc1ccc(OC)cc1. The Morgan fingerprint density at radius 1 is 1.03 bits per heavy atom. The maximum absolute atomic E-state index is 10.3. The summed E-state index contributed by atoms with van der Waals surface area (Å²) in [5.41, 5.74) is 2.85. The summed E-state index contributed by atoms with van der Waals surface area (Å²) in [6, 6.07) is 17.6. The van der Waals surface area contributed by atoms with Gasteiger partial charge in [0.2, 0.25) is 5.88 Å². The van der Waals surface area contributed by atoms with E-state index in [1.165, 1.54) is 0 Å². The van der Waals surface area contributed by atoms with Crippen LogP contribution in [0.1, 0.15) is 18.9 Å². The van der Waals surface area contributed by atoms with Crippen LogP contribution in [0.15, 0.2) is 54.6 Å². The molecule has 3 rings (SSSR count). The van der Waals surface area contributed by atoms with Crippen molar-refractivity contribution in [3.05, 3.63) is 60.2 Å². The van der Waals surface area contributed by atoms with E-state index in [-0.39, 0.29) is 0 Å². The lowest BCUT2D eigenvalue weighted by Gasteiger charge is -2.25. The topological polar surface area (TPSA) is 69.0 Å². The number of aryl methyl sites for hydroxylation is 1. The Balaban J connectivity index is 1.98. The predicted octanol–water partition coefficient (Wildman–Crippen LogP) is 4.11. The first-order valence-electron chi connectivity index (χ1n) is 10.9. The average Bonchev–Trinajstić information content (AvgIpc) is 3.13. The van der Waals surface area contributed by atoms with Crippen LogP contribution in [-0.2, 0) is 18.3 Å². The molecule has 0 aliphatic carbocycles. The van der Waals surface area contributed by atoms with Crippen molar-refractivity contribution >= 4 is 0 Å². The summed E-state index contributed by atoms with van der Waals surface area (Å²) in [7, 11) is 5.21. The molecule has 172 valence electrons. The molecule has 1 heterocycles. The van der Waals surface area contributed by atoms with Crippen LogP contribution >= 0.6 is 0 Å². The Morgan fingerprint density at radius 2 is 1.72 bits per heavy atom. The molecule has 0 fully saturated rings. The number of nitrogens with zero attached hydrogens (tertiary/aromatic N) is 3. The molecule has 1 N–H and O–H groups in total. The fourth-order valence-corrected chi connectivity index (χ4v) is 3.51. The van der Waals surface area contributed by atoms with Crippen molar-refractivity contribution in [1.29, 1.82) is 0 Å². The zero-order valence-corrected chi connectivity index (χ0v) is 19.3. The van der Waals surface area contributed by atoms with Crippen LogP contribution in [0.5, 0.6) is 17.4 Å². The van der Waals surface area contributed by atoms with Gasteiger partial charge in [-0.05, 0) is 30.7 Å². The summed E-state index contributed by atoms with van der Waals surface area (Å²) in [6.45, 7) is 4.37. The molecule has 0 aliphatic rings. The van der Waals surface area contributed by atoms with E-state index in [0.29, 0.717) is 44.3 Å². The number of aliphatic hydroxyl groups is 1. The summed E-state index contributed by atoms with van der Waals surface area (Å²) in [6.07, 6.45) is 0.284. The minimum absolute atomic E-state index is 0.408. The van der Waals surface area contributed by atoms with Gasteiger partial charge in [-0.3, -0.25) is 4.90 Å². The quantitative estimate of drug-likeness (QED) is 0.458. The largest absolute Gasteiger partial charge is 0.497 e. The maximum Gasteiger partial charge on any atom is 0.222 e. The van der Waals surface area contributed by atoms with Gasteiger partial charge in [0, 0.05) is 39.4 Å². The standard InChI is InChI=1S/C25H33N3O4/c1-5-20(29)17-28(15-16-30-3)18-23-24(19-9-7-6-8-10-19)26-27(2)25(23)32-22-13-11-21(31-4)12-14-22/h6-14,20,29H,5,15-18H2,1-4H3/t20-/m0/s1. The summed E-state index contributed by atoms with van der Waals surface area (Å²) in [5.74, 6) is 2.14. The second-order valence-electron chi connectivity index (χ2n) is 7.69. The first kappa shape index (κ1) is 23.8. The molecule has 1 atom stereocenters. The second kappa shape index (κ2) is 11.7. The molecule has 7 heteroatoms. The van der Waals surface area contributed by atoms with Gasteiger partial charge in [0.25, 0.3) is 0 Å². The van der Waals surface area contributed by atoms with E-state index in [1.807, 2.05) is 68.6 Å². The zero-order valence-electron chi connectivity index (χ0n) is 19.3. The van der Waals surface area contributed by atoms with Crippen LogP contribution in [0.25, 0.3) is 11.3 Å². The lowest BCUT2D eigenvalue weighted by molar-refractivity contribution is 0.0827. The summed E-state index contributed by atoms with van der Waals surface area (Å²) >= 11 is 0. The van der Waals surface area contributed by atoms with Crippen LogP contribution < -0.4 is 9.47 Å². The third kappa shape index (κ3) is 6.09. The molecule has 2 aromatic carbocycles. The van der Waals surface area contributed by atoms with Crippen LogP contribution in [0.3, 0.4) is 0 Å². The third-order valence-corrected chi connectivity index (χ3v) is 5.34. The number of ether oxygens (including phenoxy) is 3. The molecule has 7 nitrogen and oxygen atoms in total. The van der Waals surface area contributed by atoms with Crippen LogP contribution in [0.2, 0.25) is 0 Å². The fourth-order valence-electron chi connectivity index (χ4n) is 3.51. The molecule has 0 saturated carbocycles. The van der Waals surface area contributed by atoms with E-state index in [2.05, 4.69) is 4.90 Å². The summed E-state index contributed by atoms with van der Waals surface area (Å²) in [5, 5.41) is 15.1. The van der Waals surface area contributed by atoms with Crippen molar-refractivity contribution in [2.75, 3.05) is 33.9 Å². The molecule has 0 aliphatic heterocycles. The highest BCUT2D eigenvalue weighted by Gasteiger charge is 2.23. The van der Waals surface area contributed by atoms with Gasteiger partial charge in [-0.1, -0.05) is 37.3 Å². The summed E-state index contributed by atoms with van der Waals surface area (Å²) < 4.78 is 18.6. The van der Waals surface area contributed by atoms with Gasteiger partial charge in [-0.25, -0.2) is 4.68 Å². The maximum atomic E-state index is 10.3. The van der Waals surface area contributed by atoms with E-state index in [9.17, 15) is 5.11 Å². The minimum Gasteiger partial charge on any atom is -0.497 e. The average molecular weight is 440 g/mol. The normalized spacial score (nSPS) is 12.2. The van der Waals surface area contributed by atoms with E-state index in [4.69, 9.17) is 19.3 Å². The molecule has 0 amide bonds. The van der Waals surface area contributed by atoms with Gasteiger partial charge in [0.1, 0.15) is 17.2 Å². The predicted molar refractivity (Wildman–Crippen MR) is 125 cm³/mol. The number of methoxy groups -OCH3 is 2. The van der Waals surface area contributed by atoms with Gasteiger partial charge < -0.3 is 19.3 Å². The zero-order chi connectivity index (χ0) is 22.9. The van der Waals surface area contributed by atoms with Gasteiger partial charge in [-0.2, -0.15) is 5.10 Å². The number of hydrogen-bond donors (Lipinski definition) is 1. The van der Waals surface area contributed by atoms with Crippen molar-refractivity contribution in [1.82, 2.24) is 14.7 Å². The summed E-state index contributed by atoms with van der Waals surface area (Å²) in [4.78, 5) is 2.18. The Labute approximate surface area is 190 Å². The van der Waals surface area contributed by atoms with Crippen molar-refractivity contribution in [3.8, 4) is 28.6 Å². The highest BCUT2D eigenvalue weighted by molar-refractivity contribution is 5.65. The molecule has 0 radical (unpaired) electrons. The van der Waals surface area contributed by atoms with Gasteiger partial charge >= 0.3 is 0 Å². The van der Waals surface area contributed by atoms with Crippen LogP contribution in [-0.4, -0.2) is 59.8 Å². The Hall–Kier alpha value is -2.87. The van der Waals surface area contributed by atoms with Crippen molar-refractivity contribution in [2.45, 2.75) is 26.0 Å². The van der Waals surface area contributed by atoms with Crippen LogP contribution in [0.4, 0.5) is 0 Å². The third-order valence-electron chi connectivity index (χ3n) is 5.34. The first-order chi connectivity index (χ1) is 15.5. The number of benzene rings is 2. The van der Waals surface area contributed by atoms with Crippen LogP contribution in [0, 0.1) is 0 Å². The lowest BCUT2D eigenvalue weighted by atomic mass is 10.1. The van der Waals surface area contributed by atoms with Gasteiger partial charge in [0.15, 0.2) is 0 Å². The number of rotatable bonds is 12. The molecular weight excluding hydrogens is 406 g/mol. The van der Waals surface area contributed by atoms with E-state index in [1.54, 1.807) is 18.9 Å². The Bertz CT molecular complexity index is 957. The van der Waals surface area contributed by atoms with Crippen molar-refractivity contribution < 1.29 is 19.3 Å².